The van der Waals surface area contributed by atoms with Crippen molar-refractivity contribution in [2.75, 3.05) is 4.90 Å². The third kappa shape index (κ3) is 6.55. The highest BCUT2D eigenvalue weighted by Gasteiger charge is 2.23. The topological polar surface area (TPSA) is 8.17 Å². The van der Waals surface area contributed by atoms with Gasteiger partial charge in [-0.05, 0) is 105 Å². The van der Waals surface area contributed by atoms with Gasteiger partial charge >= 0.3 is 0 Å². The standard InChI is InChI=1S/C64H42N2S/c1-3-19-43(20-4-1)50-32-15-21-44-22-16-35-55(62(44)50)53-29-7-10-37-58(53)65(48-27-13-23-45(41-48)51-33-18-40-61-63(51)57-31-9-12-39-60(57)67-61)49-28-14-24-46(42-49)52-34-17-36-56-54-30-8-11-38-59(54)66(64(52)56)47-25-5-2-6-26-47/h1-42H. The Balaban J connectivity index is 1.06. The summed E-state index contributed by atoms with van der Waals surface area (Å²) in [6.07, 6.45) is 0. The molecule has 0 radical (unpaired) electrons. The maximum atomic E-state index is 2.48. The minimum atomic E-state index is 1.07. The van der Waals surface area contributed by atoms with E-state index in [-0.39, 0.29) is 0 Å². The van der Waals surface area contributed by atoms with E-state index in [1.807, 2.05) is 11.3 Å². The summed E-state index contributed by atoms with van der Waals surface area (Å²) in [5.74, 6) is 0. The Labute approximate surface area is 393 Å². The van der Waals surface area contributed by atoms with E-state index in [1.54, 1.807) is 0 Å². The summed E-state index contributed by atoms with van der Waals surface area (Å²) in [5.41, 5.74) is 16.3. The van der Waals surface area contributed by atoms with Crippen molar-refractivity contribution in [1.29, 1.82) is 0 Å². The number of rotatable bonds is 8. The van der Waals surface area contributed by atoms with Crippen LogP contribution in [0.5, 0.6) is 0 Å². The van der Waals surface area contributed by atoms with Crippen LogP contribution in [0.25, 0.3) is 103 Å². The zero-order valence-electron chi connectivity index (χ0n) is 36.6. The van der Waals surface area contributed by atoms with Gasteiger partial charge in [0.1, 0.15) is 0 Å². The summed E-state index contributed by atoms with van der Waals surface area (Å²) in [6, 6.07) is 93.3. The van der Waals surface area contributed by atoms with Gasteiger partial charge in [0.05, 0.1) is 16.7 Å². The summed E-state index contributed by atoms with van der Waals surface area (Å²) in [7, 11) is 0. The quantitative estimate of drug-likeness (QED) is 0.148. The second kappa shape index (κ2) is 16.2. The fourth-order valence-corrected chi connectivity index (χ4v) is 11.6. The molecule has 2 aromatic heterocycles. The zero-order valence-corrected chi connectivity index (χ0v) is 37.4. The van der Waals surface area contributed by atoms with Gasteiger partial charge < -0.3 is 9.47 Å². The average molecular weight is 871 g/mol. The summed E-state index contributed by atoms with van der Waals surface area (Å²) >= 11 is 1.86. The van der Waals surface area contributed by atoms with Crippen molar-refractivity contribution in [2.24, 2.45) is 0 Å². The van der Waals surface area contributed by atoms with E-state index in [4.69, 9.17) is 0 Å². The van der Waals surface area contributed by atoms with Crippen LogP contribution in [-0.4, -0.2) is 4.57 Å². The molecule has 13 rings (SSSR count). The highest BCUT2D eigenvalue weighted by molar-refractivity contribution is 7.25. The van der Waals surface area contributed by atoms with Crippen molar-refractivity contribution in [2.45, 2.75) is 0 Å². The predicted molar refractivity (Wildman–Crippen MR) is 288 cm³/mol. The molecule has 0 N–H and O–H groups in total. The van der Waals surface area contributed by atoms with Crippen molar-refractivity contribution in [3.05, 3.63) is 255 Å². The summed E-state index contributed by atoms with van der Waals surface area (Å²) in [4.78, 5) is 2.48. The molecule has 0 aliphatic rings. The van der Waals surface area contributed by atoms with E-state index in [0.29, 0.717) is 0 Å². The van der Waals surface area contributed by atoms with Crippen LogP contribution in [0.3, 0.4) is 0 Å². The van der Waals surface area contributed by atoms with Crippen molar-refractivity contribution in [1.82, 2.24) is 4.57 Å². The molecule has 3 heteroatoms. The smallest absolute Gasteiger partial charge is 0.0619 e. The Hall–Kier alpha value is -8.50. The number of nitrogens with zero attached hydrogens (tertiary/aromatic N) is 2. The fraction of sp³-hybridized carbons (Fsp3) is 0. The molecule has 2 heterocycles. The average Bonchev–Trinajstić information content (AvgIpc) is 3.96. The van der Waals surface area contributed by atoms with Crippen molar-refractivity contribution in [3.8, 4) is 50.2 Å². The van der Waals surface area contributed by atoms with Crippen LogP contribution in [-0.2, 0) is 0 Å². The number of thiophene rings is 1. The molecule has 314 valence electrons. The normalized spacial score (nSPS) is 11.6. The number of anilines is 3. The first-order valence-corrected chi connectivity index (χ1v) is 23.7. The van der Waals surface area contributed by atoms with Crippen molar-refractivity contribution >= 4 is 81.1 Å². The zero-order chi connectivity index (χ0) is 44.3. The number of aromatic nitrogens is 1. The number of hydrogen-bond donors (Lipinski definition) is 0. The minimum absolute atomic E-state index is 1.07. The van der Waals surface area contributed by atoms with Gasteiger partial charge in [-0.1, -0.05) is 194 Å². The molecule has 0 unspecified atom stereocenters. The molecule has 2 nitrogen and oxygen atoms in total. The maximum absolute atomic E-state index is 2.48. The Morgan fingerprint density at radius 3 is 1.64 bits per heavy atom. The third-order valence-electron chi connectivity index (χ3n) is 13.4. The van der Waals surface area contributed by atoms with Crippen LogP contribution in [0.15, 0.2) is 255 Å². The molecule has 0 amide bonds. The largest absolute Gasteiger partial charge is 0.310 e. The second-order valence-corrected chi connectivity index (χ2v) is 18.3. The monoisotopic (exact) mass is 870 g/mol. The van der Waals surface area contributed by atoms with E-state index >= 15 is 0 Å². The lowest BCUT2D eigenvalue weighted by Gasteiger charge is -2.29. The molecule has 0 saturated carbocycles. The first kappa shape index (κ1) is 38.9. The number of fused-ring (bicyclic) bond motifs is 7. The summed E-state index contributed by atoms with van der Waals surface area (Å²) in [6.45, 7) is 0. The molecular formula is C64H42N2S. The lowest BCUT2D eigenvalue weighted by atomic mass is 9.90. The van der Waals surface area contributed by atoms with Gasteiger partial charge in [0, 0.05) is 59.1 Å². The van der Waals surface area contributed by atoms with Crippen LogP contribution in [0.1, 0.15) is 0 Å². The van der Waals surface area contributed by atoms with Gasteiger partial charge in [0.25, 0.3) is 0 Å². The molecule has 0 atom stereocenters. The van der Waals surface area contributed by atoms with E-state index in [2.05, 4.69) is 264 Å². The molecular weight excluding hydrogens is 829 g/mol. The summed E-state index contributed by atoms with van der Waals surface area (Å²) < 4.78 is 5.04. The first-order chi connectivity index (χ1) is 33.3. The first-order valence-electron chi connectivity index (χ1n) is 22.9. The van der Waals surface area contributed by atoms with Gasteiger partial charge in [0.15, 0.2) is 0 Å². The minimum Gasteiger partial charge on any atom is -0.310 e. The predicted octanol–water partition coefficient (Wildman–Crippen LogP) is 18.4. The molecule has 11 aromatic carbocycles. The summed E-state index contributed by atoms with van der Waals surface area (Å²) in [5, 5.41) is 7.53. The van der Waals surface area contributed by atoms with Gasteiger partial charge in [0.2, 0.25) is 0 Å². The van der Waals surface area contributed by atoms with Crippen LogP contribution in [0.4, 0.5) is 17.1 Å². The molecule has 0 saturated heterocycles. The van der Waals surface area contributed by atoms with Crippen LogP contribution in [0.2, 0.25) is 0 Å². The molecule has 0 aliphatic carbocycles. The van der Waals surface area contributed by atoms with Crippen molar-refractivity contribution < 1.29 is 0 Å². The Morgan fingerprint density at radius 1 is 0.328 bits per heavy atom. The van der Waals surface area contributed by atoms with E-state index in [0.717, 1.165) is 33.9 Å². The number of para-hydroxylation sites is 4. The molecule has 67 heavy (non-hydrogen) atoms. The van der Waals surface area contributed by atoms with Gasteiger partial charge in [-0.3, -0.25) is 0 Å². The fourth-order valence-electron chi connectivity index (χ4n) is 10.5. The molecule has 0 fully saturated rings. The van der Waals surface area contributed by atoms with Crippen molar-refractivity contribution in [3.63, 3.8) is 0 Å². The Kier molecular flexibility index (Phi) is 9.40. The Bertz CT molecular complexity index is 3990. The van der Waals surface area contributed by atoms with E-state index in [9.17, 15) is 0 Å². The SMILES string of the molecule is c1ccc(-c2cccc3cccc(-c4ccccc4N(c4cccc(-c5cccc6sc7ccccc7c56)c4)c4cccc(-c5cccc6c7ccccc7n(-c7ccccc7)c56)c4)c23)cc1. The van der Waals surface area contributed by atoms with Crippen LogP contribution in [0, 0.1) is 0 Å². The molecule has 0 aliphatic heterocycles. The molecule has 0 spiro atoms. The molecule has 0 bridgehead atoms. The highest BCUT2D eigenvalue weighted by Crippen LogP contribution is 2.48. The van der Waals surface area contributed by atoms with Gasteiger partial charge in [-0.15, -0.1) is 11.3 Å². The van der Waals surface area contributed by atoms with Crippen LogP contribution < -0.4 is 4.90 Å². The third-order valence-corrected chi connectivity index (χ3v) is 14.5. The van der Waals surface area contributed by atoms with Gasteiger partial charge in [-0.25, -0.2) is 0 Å². The number of hydrogen-bond acceptors (Lipinski definition) is 2. The highest BCUT2D eigenvalue weighted by atomic mass is 32.1. The maximum Gasteiger partial charge on any atom is 0.0619 e. The lowest BCUT2D eigenvalue weighted by Crippen LogP contribution is -2.11. The van der Waals surface area contributed by atoms with E-state index in [1.165, 1.54) is 86.1 Å². The Morgan fingerprint density at radius 2 is 0.851 bits per heavy atom. The van der Waals surface area contributed by atoms with E-state index < -0.39 is 0 Å². The lowest BCUT2D eigenvalue weighted by molar-refractivity contribution is 1.18. The number of benzene rings is 11. The molecule has 13 aromatic rings. The second-order valence-electron chi connectivity index (χ2n) is 17.2. The van der Waals surface area contributed by atoms with Gasteiger partial charge in [-0.2, -0.15) is 0 Å². The van der Waals surface area contributed by atoms with Crippen LogP contribution >= 0.6 is 11.3 Å².